The molecule has 0 radical (unpaired) electrons. The summed E-state index contributed by atoms with van der Waals surface area (Å²) in [5.74, 6) is 0.122. The van der Waals surface area contributed by atoms with E-state index in [0.717, 1.165) is 31.5 Å². The van der Waals surface area contributed by atoms with Crippen molar-refractivity contribution in [2.24, 2.45) is 5.92 Å². The molecule has 1 spiro atoms. The van der Waals surface area contributed by atoms with Crippen molar-refractivity contribution in [3.63, 3.8) is 0 Å². The Balaban J connectivity index is 1.20. The summed E-state index contributed by atoms with van der Waals surface area (Å²) in [6.45, 7) is 3.48. The van der Waals surface area contributed by atoms with Crippen LogP contribution >= 0.6 is 0 Å². The van der Waals surface area contributed by atoms with Crippen molar-refractivity contribution in [1.29, 1.82) is 0 Å². The Morgan fingerprint density at radius 1 is 1.35 bits per heavy atom. The summed E-state index contributed by atoms with van der Waals surface area (Å²) in [5.41, 5.74) is 0.627. The molecule has 1 aromatic heterocycles. The highest BCUT2D eigenvalue weighted by atomic mass is 19.1. The van der Waals surface area contributed by atoms with Crippen LogP contribution in [-0.4, -0.2) is 47.8 Å². The first-order chi connectivity index (χ1) is 12.6. The molecule has 1 aromatic carbocycles. The van der Waals surface area contributed by atoms with Crippen molar-refractivity contribution < 1.29 is 18.4 Å². The predicted molar refractivity (Wildman–Crippen MR) is 91.9 cm³/mol. The van der Waals surface area contributed by atoms with Crippen LogP contribution in [0.3, 0.4) is 0 Å². The summed E-state index contributed by atoms with van der Waals surface area (Å²) < 4.78 is 24.7. The van der Waals surface area contributed by atoms with Crippen molar-refractivity contribution in [1.82, 2.24) is 15.4 Å². The molecule has 26 heavy (non-hydrogen) atoms. The molecule has 2 aromatic rings. The lowest BCUT2D eigenvalue weighted by atomic mass is 9.82. The summed E-state index contributed by atoms with van der Waals surface area (Å²) in [5, 5.41) is 6.39. The minimum atomic E-state index is -0.248. The molecule has 1 unspecified atom stereocenters. The molecule has 2 fully saturated rings. The zero-order valence-corrected chi connectivity index (χ0v) is 14.5. The van der Waals surface area contributed by atoms with Crippen LogP contribution in [0.4, 0.5) is 4.39 Å². The third kappa shape index (κ3) is 3.64. The number of hydrogen-bond donors (Lipinski definition) is 1. The fourth-order valence-corrected chi connectivity index (χ4v) is 3.73. The van der Waals surface area contributed by atoms with E-state index < -0.39 is 0 Å². The van der Waals surface area contributed by atoms with Gasteiger partial charge in [0.2, 0.25) is 5.76 Å². The molecule has 3 heterocycles. The van der Waals surface area contributed by atoms with E-state index in [-0.39, 0.29) is 23.1 Å². The van der Waals surface area contributed by atoms with Gasteiger partial charge in [-0.05, 0) is 24.8 Å². The molecule has 7 heteroatoms. The number of hydrogen-bond acceptors (Lipinski definition) is 5. The Labute approximate surface area is 151 Å². The van der Waals surface area contributed by atoms with E-state index in [1.54, 1.807) is 12.1 Å². The van der Waals surface area contributed by atoms with Gasteiger partial charge in [-0.2, -0.15) is 0 Å². The van der Waals surface area contributed by atoms with Gasteiger partial charge in [0.15, 0.2) is 0 Å². The van der Waals surface area contributed by atoms with E-state index >= 15 is 0 Å². The van der Waals surface area contributed by atoms with E-state index in [0.29, 0.717) is 25.6 Å². The maximum atomic E-state index is 13.7. The van der Waals surface area contributed by atoms with Crippen molar-refractivity contribution in [3.05, 3.63) is 53.7 Å². The van der Waals surface area contributed by atoms with Gasteiger partial charge in [-0.15, -0.1) is 0 Å². The zero-order chi connectivity index (χ0) is 18.0. The Kier molecular flexibility index (Phi) is 4.74. The molecule has 0 saturated carbocycles. The van der Waals surface area contributed by atoms with Crippen molar-refractivity contribution in [2.75, 3.05) is 26.2 Å². The van der Waals surface area contributed by atoms with Crippen LogP contribution in [0.2, 0.25) is 0 Å². The van der Waals surface area contributed by atoms with Crippen molar-refractivity contribution >= 4 is 5.91 Å². The first kappa shape index (κ1) is 17.2. The molecule has 2 aliphatic heterocycles. The summed E-state index contributed by atoms with van der Waals surface area (Å²) in [7, 11) is 0. The average Bonchev–Trinajstić information content (AvgIpc) is 3.16. The molecular weight excluding hydrogens is 337 g/mol. The number of carbonyl (C=O) groups is 1. The van der Waals surface area contributed by atoms with Crippen molar-refractivity contribution in [2.45, 2.75) is 25.0 Å². The summed E-state index contributed by atoms with van der Waals surface area (Å²) in [4.78, 5) is 14.1. The summed E-state index contributed by atoms with van der Waals surface area (Å²) in [6, 6.07) is 8.44. The van der Waals surface area contributed by atoms with Gasteiger partial charge in [-0.25, -0.2) is 4.39 Å². The van der Waals surface area contributed by atoms with Gasteiger partial charge in [0, 0.05) is 37.8 Å². The van der Waals surface area contributed by atoms with E-state index in [1.807, 2.05) is 12.1 Å². The number of carbonyl (C=O) groups excluding carboxylic acids is 1. The Bertz CT molecular complexity index is 749. The van der Waals surface area contributed by atoms with Gasteiger partial charge in [-0.1, -0.05) is 23.4 Å². The topological polar surface area (TPSA) is 67.6 Å². The highest BCUT2D eigenvalue weighted by Gasteiger charge is 2.46. The van der Waals surface area contributed by atoms with Gasteiger partial charge in [-0.3, -0.25) is 9.69 Å². The lowest BCUT2D eigenvalue weighted by Crippen LogP contribution is -2.64. The van der Waals surface area contributed by atoms with Crippen LogP contribution in [-0.2, 0) is 11.3 Å². The quantitative estimate of drug-likeness (QED) is 0.887. The maximum Gasteiger partial charge on any atom is 0.289 e. The van der Waals surface area contributed by atoms with Crippen LogP contribution in [0, 0.1) is 11.7 Å². The predicted octanol–water partition coefficient (Wildman–Crippen LogP) is 2.22. The SMILES string of the molecule is O=C(NCC1CCC2(CN(Cc3ccccc3F)C2)OC1)c1ccno1. The molecular formula is C19H22FN3O3. The first-order valence-electron chi connectivity index (χ1n) is 8.92. The highest BCUT2D eigenvalue weighted by molar-refractivity contribution is 5.91. The average molecular weight is 359 g/mol. The third-order valence-corrected chi connectivity index (χ3v) is 5.22. The highest BCUT2D eigenvalue weighted by Crippen LogP contribution is 2.36. The first-order valence-corrected chi connectivity index (χ1v) is 8.92. The van der Waals surface area contributed by atoms with Crippen LogP contribution < -0.4 is 5.32 Å². The van der Waals surface area contributed by atoms with Gasteiger partial charge in [0.25, 0.3) is 5.91 Å². The molecule has 0 bridgehead atoms. The number of ether oxygens (including phenoxy) is 1. The second-order valence-corrected chi connectivity index (χ2v) is 7.22. The minimum absolute atomic E-state index is 0.100. The van der Waals surface area contributed by atoms with E-state index in [1.165, 1.54) is 12.3 Å². The number of benzene rings is 1. The molecule has 0 aliphatic carbocycles. The molecule has 1 N–H and O–H groups in total. The molecule has 4 rings (SSSR count). The molecule has 6 nitrogen and oxygen atoms in total. The monoisotopic (exact) mass is 359 g/mol. The lowest BCUT2D eigenvalue weighted by molar-refractivity contribution is -0.181. The Hall–Kier alpha value is -2.25. The smallest absolute Gasteiger partial charge is 0.289 e. The normalized spacial score (nSPS) is 22.1. The van der Waals surface area contributed by atoms with Crippen LogP contribution in [0.5, 0.6) is 0 Å². The molecule has 1 amide bonds. The maximum absolute atomic E-state index is 13.7. The number of rotatable bonds is 5. The zero-order valence-electron chi connectivity index (χ0n) is 14.5. The van der Waals surface area contributed by atoms with Crippen molar-refractivity contribution in [3.8, 4) is 0 Å². The van der Waals surface area contributed by atoms with Gasteiger partial charge in [0.1, 0.15) is 5.82 Å². The second-order valence-electron chi connectivity index (χ2n) is 7.22. The molecule has 2 saturated heterocycles. The van der Waals surface area contributed by atoms with E-state index in [4.69, 9.17) is 9.26 Å². The third-order valence-electron chi connectivity index (χ3n) is 5.22. The summed E-state index contributed by atoms with van der Waals surface area (Å²) in [6.07, 6.45) is 3.42. The standard InChI is InChI=1S/C19H22FN3O3/c20-16-4-2-1-3-15(16)10-23-12-19(13-23)7-5-14(11-25-19)9-21-18(24)17-6-8-22-26-17/h1-4,6,8,14H,5,7,9-13H2,(H,21,24). The van der Waals surface area contributed by atoms with Gasteiger partial charge >= 0.3 is 0 Å². The minimum Gasteiger partial charge on any atom is -0.372 e. The number of halogens is 1. The second kappa shape index (κ2) is 7.17. The van der Waals surface area contributed by atoms with Gasteiger partial charge < -0.3 is 14.6 Å². The van der Waals surface area contributed by atoms with E-state index in [9.17, 15) is 9.18 Å². The fourth-order valence-electron chi connectivity index (χ4n) is 3.73. The van der Waals surface area contributed by atoms with E-state index in [2.05, 4.69) is 15.4 Å². The number of likely N-dealkylation sites (tertiary alicyclic amines) is 1. The number of amides is 1. The summed E-state index contributed by atoms with van der Waals surface area (Å²) >= 11 is 0. The fraction of sp³-hybridized carbons (Fsp3) is 0.474. The number of nitrogens with zero attached hydrogens (tertiary/aromatic N) is 2. The number of nitrogens with one attached hydrogen (secondary N) is 1. The molecule has 2 aliphatic rings. The van der Waals surface area contributed by atoms with Crippen LogP contribution in [0.15, 0.2) is 41.1 Å². The lowest BCUT2D eigenvalue weighted by Gasteiger charge is -2.53. The van der Waals surface area contributed by atoms with Crippen LogP contribution in [0.1, 0.15) is 29.0 Å². The molecule has 138 valence electrons. The largest absolute Gasteiger partial charge is 0.372 e. The number of aromatic nitrogens is 1. The van der Waals surface area contributed by atoms with Gasteiger partial charge in [0.05, 0.1) is 18.4 Å². The van der Waals surface area contributed by atoms with Crippen LogP contribution in [0.25, 0.3) is 0 Å². The molecule has 1 atom stereocenters. The Morgan fingerprint density at radius 2 is 2.19 bits per heavy atom. The Morgan fingerprint density at radius 3 is 2.88 bits per heavy atom.